The fourth-order valence-electron chi connectivity index (χ4n) is 1.42. The zero-order valence-electron chi connectivity index (χ0n) is 9.15. The lowest BCUT2D eigenvalue weighted by molar-refractivity contribution is 1.30. The second kappa shape index (κ2) is 5.52. The Hall–Kier alpha value is -1.36. The number of rotatable bonds is 3. The molecule has 0 saturated carbocycles. The molecule has 0 fully saturated rings. The van der Waals surface area contributed by atoms with Crippen LogP contribution >= 0.6 is 35.4 Å². The molecule has 0 atom stereocenters. The molecule has 0 unspecified atom stereocenters. The van der Waals surface area contributed by atoms with Crippen LogP contribution in [0.25, 0.3) is 0 Å². The van der Waals surface area contributed by atoms with Gasteiger partial charge in [0.25, 0.3) is 0 Å². The minimum atomic E-state index is 0.274. The maximum Gasteiger partial charge on any atom is 0.140 e. The predicted molar refractivity (Wildman–Crippen MR) is 79.9 cm³/mol. The lowest BCUT2D eigenvalue weighted by atomic mass is 10.2. The SMILES string of the molecule is NC(=S)c1cccnc1Nc1ccc(Cl)cc1Cl. The van der Waals surface area contributed by atoms with Crippen molar-refractivity contribution in [2.24, 2.45) is 5.73 Å². The van der Waals surface area contributed by atoms with E-state index >= 15 is 0 Å². The Labute approximate surface area is 120 Å². The van der Waals surface area contributed by atoms with Gasteiger partial charge in [-0.2, -0.15) is 0 Å². The third kappa shape index (κ3) is 2.90. The zero-order chi connectivity index (χ0) is 13.1. The van der Waals surface area contributed by atoms with Crippen LogP contribution in [-0.4, -0.2) is 9.97 Å². The van der Waals surface area contributed by atoms with Crippen molar-refractivity contribution >= 4 is 51.9 Å². The molecule has 92 valence electrons. The number of nitrogens with two attached hydrogens (primary N) is 1. The molecule has 0 radical (unpaired) electrons. The van der Waals surface area contributed by atoms with Crippen molar-refractivity contribution in [2.45, 2.75) is 0 Å². The summed E-state index contributed by atoms with van der Waals surface area (Å²) in [6, 6.07) is 8.71. The summed E-state index contributed by atoms with van der Waals surface area (Å²) in [7, 11) is 0. The smallest absolute Gasteiger partial charge is 0.140 e. The van der Waals surface area contributed by atoms with Gasteiger partial charge in [0.1, 0.15) is 10.8 Å². The number of benzene rings is 1. The van der Waals surface area contributed by atoms with Gasteiger partial charge in [-0.05, 0) is 30.3 Å². The monoisotopic (exact) mass is 297 g/mol. The van der Waals surface area contributed by atoms with Crippen LogP contribution < -0.4 is 11.1 Å². The molecule has 0 bridgehead atoms. The number of pyridine rings is 1. The highest BCUT2D eigenvalue weighted by atomic mass is 35.5. The van der Waals surface area contributed by atoms with Crippen LogP contribution in [0.4, 0.5) is 11.5 Å². The topological polar surface area (TPSA) is 50.9 Å². The molecule has 0 amide bonds. The summed E-state index contributed by atoms with van der Waals surface area (Å²) in [5.74, 6) is 0.564. The first-order valence-electron chi connectivity index (χ1n) is 5.05. The maximum absolute atomic E-state index is 6.07. The molecule has 2 rings (SSSR count). The number of thiocarbonyl (C=S) groups is 1. The first-order chi connectivity index (χ1) is 8.58. The van der Waals surface area contributed by atoms with Gasteiger partial charge in [0, 0.05) is 11.2 Å². The molecule has 2 aromatic rings. The Morgan fingerprint density at radius 1 is 1.28 bits per heavy atom. The largest absolute Gasteiger partial charge is 0.389 e. The Morgan fingerprint density at radius 2 is 2.06 bits per heavy atom. The van der Waals surface area contributed by atoms with Gasteiger partial charge in [0.2, 0.25) is 0 Å². The van der Waals surface area contributed by atoms with Crippen LogP contribution in [0, 0.1) is 0 Å². The van der Waals surface area contributed by atoms with Gasteiger partial charge in [0.15, 0.2) is 0 Å². The molecular formula is C12H9Cl2N3S. The molecule has 0 aliphatic heterocycles. The highest BCUT2D eigenvalue weighted by Crippen LogP contribution is 2.28. The summed E-state index contributed by atoms with van der Waals surface area (Å²) < 4.78 is 0. The van der Waals surface area contributed by atoms with Gasteiger partial charge in [-0.3, -0.25) is 0 Å². The van der Waals surface area contributed by atoms with E-state index in [4.69, 9.17) is 41.2 Å². The Morgan fingerprint density at radius 3 is 2.72 bits per heavy atom. The minimum Gasteiger partial charge on any atom is -0.389 e. The van der Waals surface area contributed by atoms with E-state index in [0.717, 1.165) is 0 Å². The molecule has 0 aliphatic carbocycles. The van der Waals surface area contributed by atoms with Crippen LogP contribution in [0.2, 0.25) is 10.0 Å². The fourth-order valence-corrected chi connectivity index (χ4v) is 2.04. The van der Waals surface area contributed by atoms with E-state index in [2.05, 4.69) is 10.3 Å². The molecule has 0 aliphatic rings. The van der Waals surface area contributed by atoms with Gasteiger partial charge in [0.05, 0.1) is 16.3 Å². The number of nitrogens with one attached hydrogen (secondary N) is 1. The predicted octanol–water partition coefficient (Wildman–Crippen LogP) is 3.77. The molecule has 6 heteroatoms. The summed E-state index contributed by atoms with van der Waals surface area (Å²) in [6.45, 7) is 0. The number of anilines is 2. The van der Waals surface area contributed by atoms with Gasteiger partial charge in [-0.1, -0.05) is 35.4 Å². The normalized spacial score (nSPS) is 10.1. The molecule has 1 heterocycles. The Kier molecular flexibility index (Phi) is 4.01. The van der Waals surface area contributed by atoms with E-state index in [0.29, 0.717) is 27.1 Å². The van der Waals surface area contributed by atoms with E-state index in [9.17, 15) is 0 Å². The zero-order valence-corrected chi connectivity index (χ0v) is 11.5. The first kappa shape index (κ1) is 13.1. The minimum absolute atomic E-state index is 0.274. The number of aromatic nitrogens is 1. The quantitative estimate of drug-likeness (QED) is 0.847. The van der Waals surface area contributed by atoms with E-state index in [1.54, 1.807) is 36.5 Å². The average molecular weight is 298 g/mol. The van der Waals surface area contributed by atoms with Crippen LogP contribution in [-0.2, 0) is 0 Å². The average Bonchev–Trinajstić information content (AvgIpc) is 2.33. The van der Waals surface area contributed by atoms with Crippen LogP contribution in [0.5, 0.6) is 0 Å². The maximum atomic E-state index is 6.07. The molecule has 3 N–H and O–H groups in total. The lowest BCUT2D eigenvalue weighted by Gasteiger charge is -2.11. The molecule has 0 saturated heterocycles. The van der Waals surface area contributed by atoms with Crippen molar-refractivity contribution < 1.29 is 0 Å². The summed E-state index contributed by atoms with van der Waals surface area (Å²) >= 11 is 16.9. The van der Waals surface area contributed by atoms with Crippen LogP contribution in [0.3, 0.4) is 0 Å². The third-order valence-corrected chi connectivity index (χ3v) is 3.03. The van der Waals surface area contributed by atoms with Crippen molar-refractivity contribution in [3.05, 3.63) is 52.1 Å². The van der Waals surface area contributed by atoms with Crippen LogP contribution in [0.15, 0.2) is 36.5 Å². The Balaban J connectivity index is 2.37. The summed E-state index contributed by atoms with van der Waals surface area (Å²) in [6.07, 6.45) is 1.65. The van der Waals surface area contributed by atoms with E-state index in [1.165, 1.54) is 0 Å². The van der Waals surface area contributed by atoms with Crippen molar-refractivity contribution in [2.75, 3.05) is 5.32 Å². The molecule has 1 aromatic carbocycles. The van der Waals surface area contributed by atoms with E-state index in [1.807, 2.05) is 0 Å². The van der Waals surface area contributed by atoms with E-state index < -0.39 is 0 Å². The van der Waals surface area contributed by atoms with Crippen molar-refractivity contribution in [3.63, 3.8) is 0 Å². The first-order valence-corrected chi connectivity index (χ1v) is 6.21. The number of hydrogen-bond donors (Lipinski definition) is 2. The van der Waals surface area contributed by atoms with Crippen LogP contribution in [0.1, 0.15) is 5.56 Å². The van der Waals surface area contributed by atoms with Gasteiger partial charge >= 0.3 is 0 Å². The summed E-state index contributed by atoms with van der Waals surface area (Å²) in [5, 5.41) is 4.15. The number of hydrogen-bond acceptors (Lipinski definition) is 3. The third-order valence-electron chi connectivity index (χ3n) is 2.26. The van der Waals surface area contributed by atoms with Crippen molar-refractivity contribution in [3.8, 4) is 0 Å². The van der Waals surface area contributed by atoms with Gasteiger partial charge in [-0.25, -0.2) is 4.98 Å². The van der Waals surface area contributed by atoms with E-state index in [-0.39, 0.29) is 4.99 Å². The molecule has 0 spiro atoms. The summed E-state index contributed by atoms with van der Waals surface area (Å²) in [5.41, 5.74) is 6.98. The second-order valence-electron chi connectivity index (χ2n) is 3.51. The Bertz CT molecular complexity index is 602. The number of nitrogens with zero attached hydrogens (tertiary/aromatic N) is 1. The molecular weight excluding hydrogens is 289 g/mol. The highest BCUT2D eigenvalue weighted by Gasteiger charge is 2.08. The molecule has 3 nitrogen and oxygen atoms in total. The fraction of sp³-hybridized carbons (Fsp3) is 0. The van der Waals surface area contributed by atoms with Gasteiger partial charge < -0.3 is 11.1 Å². The molecule has 18 heavy (non-hydrogen) atoms. The summed E-state index contributed by atoms with van der Waals surface area (Å²) in [4.78, 5) is 4.46. The molecule has 1 aromatic heterocycles. The number of halogens is 2. The lowest BCUT2D eigenvalue weighted by Crippen LogP contribution is -2.12. The standard InChI is InChI=1S/C12H9Cl2N3S/c13-7-3-4-10(9(14)6-7)17-12-8(11(15)18)2-1-5-16-12/h1-6H,(H2,15,18)(H,16,17). The highest BCUT2D eigenvalue weighted by molar-refractivity contribution is 7.80. The second-order valence-corrected chi connectivity index (χ2v) is 4.80. The van der Waals surface area contributed by atoms with Crippen molar-refractivity contribution in [1.82, 2.24) is 4.98 Å². The van der Waals surface area contributed by atoms with Crippen molar-refractivity contribution in [1.29, 1.82) is 0 Å². The van der Waals surface area contributed by atoms with Gasteiger partial charge in [-0.15, -0.1) is 0 Å².